The molecule has 0 bridgehead atoms. The maximum absolute atomic E-state index is 13.6. The van der Waals surface area contributed by atoms with Crippen molar-refractivity contribution in [2.24, 2.45) is 0 Å². The molecule has 0 aliphatic carbocycles. The normalized spacial score (nSPS) is 17.6. The molecule has 1 heterocycles. The number of phenolic OH excluding ortho intramolecular Hbond substituents is 1. The number of ether oxygens (including phenoxy) is 1. The van der Waals surface area contributed by atoms with Crippen molar-refractivity contribution >= 4 is 39.1 Å². The van der Waals surface area contributed by atoms with Crippen LogP contribution in [-0.4, -0.2) is 29.0 Å². The van der Waals surface area contributed by atoms with Gasteiger partial charge in [-0.15, -0.1) is 0 Å². The van der Waals surface area contributed by atoms with Gasteiger partial charge in [0.2, 0.25) is 0 Å². The fourth-order valence-corrected chi connectivity index (χ4v) is 4.22. The number of anilines is 1. The zero-order valence-electron chi connectivity index (χ0n) is 16.8. The van der Waals surface area contributed by atoms with E-state index in [4.69, 9.17) is 4.74 Å². The summed E-state index contributed by atoms with van der Waals surface area (Å²) in [5.41, 5.74) is 0.587. The van der Waals surface area contributed by atoms with Gasteiger partial charge in [-0.3, -0.25) is 14.5 Å². The number of Topliss-reactive ketones (excluding diaryl/α,β-unsaturated/α-hetero) is 1. The van der Waals surface area contributed by atoms with Gasteiger partial charge in [0.05, 0.1) is 28.9 Å². The minimum atomic E-state index is -1.08. The van der Waals surface area contributed by atoms with Crippen LogP contribution in [0.15, 0.2) is 76.8 Å². The Morgan fingerprint density at radius 2 is 1.75 bits per heavy atom. The van der Waals surface area contributed by atoms with Gasteiger partial charge in [-0.1, -0.05) is 24.3 Å². The van der Waals surface area contributed by atoms with Crippen molar-refractivity contribution in [1.29, 1.82) is 0 Å². The molecule has 2 N–H and O–H groups in total. The summed E-state index contributed by atoms with van der Waals surface area (Å²) in [7, 11) is 1.49. The van der Waals surface area contributed by atoms with Crippen LogP contribution in [0.25, 0.3) is 5.76 Å². The number of para-hydroxylation sites is 2. The molecule has 3 aromatic rings. The van der Waals surface area contributed by atoms with E-state index in [0.29, 0.717) is 15.8 Å². The monoisotopic (exact) mass is 497 g/mol. The number of carbonyl (C=O) groups is 2. The van der Waals surface area contributed by atoms with Gasteiger partial charge in [0, 0.05) is 5.56 Å². The lowest BCUT2D eigenvalue weighted by atomic mass is 9.95. The van der Waals surface area contributed by atoms with Crippen LogP contribution in [0.1, 0.15) is 17.2 Å². The topological polar surface area (TPSA) is 87.1 Å². The smallest absolute Gasteiger partial charge is 0.300 e. The van der Waals surface area contributed by atoms with Gasteiger partial charge < -0.3 is 14.9 Å². The molecule has 3 aromatic carbocycles. The number of rotatable bonds is 4. The van der Waals surface area contributed by atoms with Crippen molar-refractivity contribution < 1.29 is 28.9 Å². The molecule has 1 amide bonds. The average molecular weight is 498 g/mol. The molecule has 1 aliphatic rings. The Hall–Kier alpha value is -3.65. The summed E-state index contributed by atoms with van der Waals surface area (Å²) >= 11 is 3.34. The lowest BCUT2D eigenvalue weighted by Gasteiger charge is -2.26. The van der Waals surface area contributed by atoms with Crippen molar-refractivity contribution in [1.82, 2.24) is 0 Å². The van der Waals surface area contributed by atoms with Gasteiger partial charge in [0.1, 0.15) is 23.1 Å². The number of hydrogen-bond acceptors (Lipinski definition) is 5. The van der Waals surface area contributed by atoms with Gasteiger partial charge in [0.15, 0.2) is 0 Å². The third kappa shape index (κ3) is 3.62. The molecule has 0 aromatic heterocycles. The molecule has 1 aliphatic heterocycles. The first-order valence-electron chi connectivity index (χ1n) is 9.52. The van der Waals surface area contributed by atoms with Gasteiger partial charge in [-0.2, -0.15) is 0 Å². The van der Waals surface area contributed by atoms with Crippen LogP contribution in [0.5, 0.6) is 11.5 Å². The van der Waals surface area contributed by atoms with Crippen molar-refractivity contribution in [2.75, 3.05) is 12.0 Å². The minimum absolute atomic E-state index is 0.0962. The zero-order valence-corrected chi connectivity index (χ0v) is 18.3. The Bertz CT molecular complexity index is 1260. The molecule has 8 heteroatoms. The molecule has 0 saturated carbocycles. The lowest BCUT2D eigenvalue weighted by molar-refractivity contribution is -0.132. The number of aliphatic hydroxyl groups is 1. The molecule has 0 radical (unpaired) electrons. The first kappa shape index (κ1) is 21.6. The number of ketones is 1. The van der Waals surface area contributed by atoms with Crippen LogP contribution in [0.2, 0.25) is 0 Å². The van der Waals surface area contributed by atoms with Gasteiger partial charge in [-0.25, -0.2) is 4.39 Å². The SMILES string of the molecule is COc1ccc(/C(O)=C2/C(=O)C(=O)N(c3ccccc3O)C2c2ccc(F)cc2)cc1Br. The van der Waals surface area contributed by atoms with E-state index >= 15 is 0 Å². The highest BCUT2D eigenvalue weighted by Crippen LogP contribution is 2.45. The Labute approximate surface area is 191 Å². The lowest BCUT2D eigenvalue weighted by Crippen LogP contribution is -2.29. The third-order valence-electron chi connectivity index (χ3n) is 5.20. The van der Waals surface area contributed by atoms with Crippen LogP contribution >= 0.6 is 15.9 Å². The van der Waals surface area contributed by atoms with E-state index in [2.05, 4.69) is 15.9 Å². The van der Waals surface area contributed by atoms with Crippen LogP contribution in [-0.2, 0) is 9.59 Å². The van der Waals surface area contributed by atoms with E-state index in [1.54, 1.807) is 30.3 Å². The average Bonchev–Trinajstić information content (AvgIpc) is 3.04. The highest BCUT2D eigenvalue weighted by molar-refractivity contribution is 9.10. The maximum Gasteiger partial charge on any atom is 0.300 e. The summed E-state index contributed by atoms with van der Waals surface area (Å²) in [5, 5.41) is 21.5. The number of phenols is 1. The Balaban J connectivity index is 1.95. The van der Waals surface area contributed by atoms with Gasteiger partial charge in [0.25, 0.3) is 11.7 Å². The largest absolute Gasteiger partial charge is 0.507 e. The fourth-order valence-electron chi connectivity index (χ4n) is 3.68. The van der Waals surface area contributed by atoms with Crippen LogP contribution < -0.4 is 9.64 Å². The van der Waals surface area contributed by atoms with E-state index in [1.165, 1.54) is 43.5 Å². The fraction of sp³-hybridized carbons (Fsp3) is 0.0833. The van der Waals surface area contributed by atoms with E-state index < -0.39 is 29.3 Å². The predicted molar refractivity (Wildman–Crippen MR) is 120 cm³/mol. The first-order valence-corrected chi connectivity index (χ1v) is 10.3. The van der Waals surface area contributed by atoms with Crippen LogP contribution in [0.4, 0.5) is 10.1 Å². The van der Waals surface area contributed by atoms with Crippen LogP contribution in [0, 0.1) is 5.82 Å². The third-order valence-corrected chi connectivity index (χ3v) is 5.82. The molecular formula is C24H17BrFNO5. The Kier molecular flexibility index (Phi) is 5.71. The Morgan fingerprint density at radius 1 is 1.06 bits per heavy atom. The number of halogens is 2. The highest BCUT2D eigenvalue weighted by atomic mass is 79.9. The van der Waals surface area contributed by atoms with E-state index in [0.717, 1.165) is 4.90 Å². The second kappa shape index (κ2) is 8.47. The molecule has 6 nitrogen and oxygen atoms in total. The van der Waals surface area contributed by atoms with Crippen molar-refractivity contribution in [3.05, 3.63) is 93.7 Å². The second-order valence-corrected chi connectivity index (χ2v) is 7.91. The molecule has 162 valence electrons. The number of nitrogens with zero attached hydrogens (tertiary/aromatic N) is 1. The maximum atomic E-state index is 13.6. The zero-order chi connectivity index (χ0) is 23.0. The summed E-state index contributed by atoms with van der Waals surface area (Å²) in [6, 6.07) is 14.9. The predicted octanol–water partition coefficient (Wildman–Crippen LogP) is 4.93. The number of benzene rings is 3. The van der Waals surface area contributed by atoms with E-state index in [1.807, 2.05) is 0 Å². The quantitative estimate of drug-likeness (QED) is 0.303. The van der Waals surface area contributed by atoms with Crippen molar-refractivity contribution in [3.8, 4) is 11.5 Å². The van der Waals surface area contributed by atoms with Gasteiger partial charge in [-0.05, 0) is 64.0 Å². The molecule has 1 atom stereocenters. The first-order chi connectivity index (χ1) is 15.3. The summed E-state index contributed by atoms with van der Waals surface area (Å²) in [4.78, 5) is 27.2. The number of aliphatic hydroxyl groups excluding tert-OH is 1. The minimum Gasteiger partial charge on any atom is -0.507 e. The van der Waals surface area contributed by atoms with Gasteiger partial charge >= 0.3 is 0 Å². The Morgan fingerprint density at radius 3 is 2.38 bits per heavy atom. The summed E-state index contributed by atoms with van der Waals surface area (Å²) in [6.07, 6.45) is 0. The number of methoxy groups -OCH3 is 1. The number of carbonyl (C=O) groups excluding carboxylic acids is 2. The molecular weight excluding hydrogens is 481 g/mol. The summed E-state index contributed by atoms with van der Waals surface area (Å²) in [5.74, 6) is -2.44. The highest BCUT2D eigenvalue weighted by Gasteiger charge is 2.47. The number of hydrogen-bond donors (Lipinski definition) is 2. The van der Waals surface area contributed by atoms with Crippen molar-refractivity contribution in [2.45, 2.75) is 6.04 Å². The second-order valence-electron chi connectivity index (χ2n) is 7.06. The molecule has 0 spiro atoms. The van der Waals surface area contributed by atoms with E-state index in [9.17, 15) is 24.2 Å². The molecule has 1 unspecified atom stereocenters. The summed E-state index contributed by atoms with van der Waals surface area (Å²) < 4.78 is 19.3. The standard InChI is InChI=1S/C24H17BrFNO5/c1-32-19-11-8-14(12-16(19)25)22(29)20-21(13-6-9-15(26)10-7-13)27(24(31)23(20)30)17-4-2-3-5-18(17)28/h2-12,21,28-29H,1H3/b22-20-. The van der Waals surface area contributed by atoms with E-state index in [-0.39, 0.29) is 22.6 Å². The molecule has 32 heavy (non-hydrogen) atoms. The number of amides is 1. The van der Waals surface area contributed by atoms with Crippen molar-refractivity contribution in [3.63, 3.8) is 0 Å². The molecule has 1 saturated heterocycles. The summed E-state index contributed by atoms with van der Waals surface area (Å²) in [6.45, 7) is 0. The molecule has 4 rings (SSSR count). The number of aromatic hydroxyl groups is 1. The van der Waals surface area contributed by atoms with Crippen LogP contribution in [0.3, 0.4) is 0 Å². The molecule has 1 fully saturated rings.